The first-order chi connectivity index (χ1) is 6.77. The monoisotopic (exact) mass is 310 g/mol. The van der Waals surface area contributed by atoms with Crippen LogP contribution in [0.25, 0.3) is 0 Å². The first kappa shape index (κ1) is 13.3. The SMILES string of the molecule is Cl.Clc1ccc(Br)c([C@@H]2CNCCN2)c1. The summed E-state index contributed by atoms with van der Waals surface area (Å²) in [4.78, 5) is 0. The Hall–Kier alpha value is 0.200. The Bertz CT molecular complexity index is 327. The van der Waals surface area contributed by atoms with Gasteiger partial charge in [-0.05, 0) is 23.8 Å². The molecule has 1 saturated heterocycles. The third kappa shape index (κ3) is 3.33. The summed E-state index contributed by atoms with van der Waals surface area (Å²) < 4.78 is 1.11. The summed E-state index contributed by atoms with van der Waals surface area (Å²) in [6.45, 7) is 3.00. The van der Waals surface area contributed by atoms with E-state index < -0.39 is 0 Å². The van der Waals surface area contributed by atoms with E-state index in [4.69, 9.17) is 11.6 Å². The van der Waals surface area contributed by atoms with Gasteiger partial charge in [-0.1, -0.05) is 27.5 Å². The highest BCUT2D eigenvalue weighted by molar-refractivity contribution is 9.10. The molecule has 0 unspecified atom stereocenters. The predicted octanol–water partition coefficient (Wildman–Crippen LogP) is 2.76. The standard InChI is InChI=1S/C10H12BrClN2.ClH/c11-9-2-1-7(12)5-8(9)10-6-13-3-4-14-10;/h1-2,5,10,13-14H,3-4,6H2;1H/t10-;/m0./s1. The Morgan fingerprint density at radius 2 is 2.13 bits per heavy atom. The highest BCUT2D eigenvalue weighted by atomic mass is 79.9. The Labute approximate surface area is 109 Å². The second-order valence-electron chi connectivity index (χ2n) is 3.38. The summed E-state index contributed by atoms with van der Waals surface area (Å²) in [6.07, 6.45) is 0. The Morgan fingerprint density at radius 1 is 1.33 bits per heavy atom. The average molecular weight is 312 g/mol. The molecule has 0 aromatic heterocycles. The second kappa shape index (κ2) is 6.06. The summed E-state index contributed by atoms with van der Waals surface area (Å²) in [6, 6.07) is 6.26. The van der Waals surface area contributed by atoms with Crippen molar-refractivity contribution in [2.45, 2.75) is 6.04 Å². The number of rotatable bonds is 1. The van der Waals surface area contributed by atoms with Crippen LogP contribution in [0.1, 0.15) is 11.6 Å². The molecule has 2 rings (SSSR count). The van der Waals surface area contributed by atoms with Crippen LogP contribution in [0.15, 0.2) is 22.7 Å². The highest BCUT2D eigenvalue weighted by Gasteiger charge is 2.16. The number of piperazine rings is 1. The number of benzene rings is 1. The smallest absolute Gasteiger partial charge is 0.0459 e. The van der Waals surface area contributed by atoms with Gasteiger partial charge >= 0.3 is 0 Å². The fourth-order valence-electron chi connectivity index (χ4n) is 1.65. The van der Waals surface area contributed by atoms with Crippen molar-refractivity contribution in [3.05, 3.63) is 33.3 Å². The predicted molar refractivity (Wildman–Crippen MR) is 70.0 cm³/mol. The molecule has 2 nitrogen and oxygen atoms in total. The number of hydrogen-bond donors (Lipinski definition) is 2. The minimum atomic E-state index is 0. The second-order valence-corrected chi connectivity index (χ2v) is 4.67. The molecule has 0 radical (unpaired) electrons. The van der Waals surface area contributed by atoms with Crippen molar-refractivity contribution in [2.75, 3.05) is 19.6 Å². The molecule has 0 spiro atoms. The van der Waals surface area contributed by atoms with Crippen molar-refractivity contribution in [2.24, 2.45) is 0 Å². The van der Waals surface area contributed by atoms with Crippen molar-refractivity contribution < 1.29 is 0 Å². The van der Waals surface area contributed by atoms with Crippen LogP contribution in [0.4, 0.5) is 0 Å². The Balaban J connectivity index is 0.00000112. The quantitative estimate of drug-likeness (QED) is 0.833. The van der Waals surface area contributed by atoms with Crippen LogP contribution in [-0.2, 0) is 0 Å². The molecule has 1 atom stereocenters. The van der Waals surface area contributed by atoms with Crippen LogP contribution in [0.5, 0.6) is 0 Å². The molecule has 0 saturated carbocycles. The van der Waals surface area contributed by atoms with Crippen molar-refractivity contribution in [1.82, 2.24) is 10.6 Å². The molecule has 0 bridgehead atoms. The molecular formula is C10H13BrCl2N2. The van der Waals surface area contributed by atoms with Gasteiger partial charge in [0.15, 0.2) is 0 Å². The van der Waals surface area contributed by atoms with Crippen molar-refractivity contribution in [1.29, 1.82) is 0 Å². The van der Waals surface area contributed by atoms with Gasteiger partial charge < -0.3 is 10.6 Å². The topological polar surface area (TPSA) is 24.1 Å². The van der Waals surface area contributed by atoms with Crippen LogP contribution in [0.2, 0.25) is 5.02 Å². The van der Waals surface area contributed by atoms with E-state index in [-0.39, 0.29) is 12.4 Å². The van der Waals surface area contributed by atoms with E-state index in [1.165, 1.54) is 5.56 Å². The normalized spacial score (nSPS) is 20.8. The molecule has 1 aromatic rings. The zero-order chi connectivity index (χ0) is 9.97. The molecule has 84 valence electrons. The molecular weight excluding hydrogens is 299 g/mol. The Morgan fingerprint density at radius 3 is 2.80 bits per heavy atom. The molecule has 1 heterocycles. The summed E-state index contributed by atoms with van der Waals surface area (Å²) in [5.41, 5.74) is 1.23. The number of nitrogens with one attached hydrogen (secondary N) is 2. The van der Waals surface area contributed by atoms with Gasteiger partial charge in [0.05, 0.1) is 0 Å². The summed E-state index contributed by atoms with van der Waals surface area (Å²) in [5, 5.41) is 7.59. The zero-order valence-corrected chi connectivity index (χ0v) is 11.3. The maximum Gasteiger partial charge on any atom is 0.0459 e. The van der Waals surface area contributed by atoms with E-state index in [0.717, 1.165) is 29.1 Å². The Kier molecular flexibility index (Phi) is 5.36. The van der Waals surface area contributed by atoms with Crippen molar-refractivity contribution in [3.63, 3.8) is 0 Å². The van der Waals surface area contributed by atoms with E-state index in [9.17, 15) is 0 Å². The highest BCUT2D eigenvalue weighted by Crippen LogP contribution is 2.26. The van der Waals surface area contributed by atoms with Crippen LogP contribution in [0, 0.1) is 0 Å². The van der Waals surface area contributed by atoms with Crippen LogP contribution in [0.3, 0.4) is 0 Å². The minimum Gasteiger partial charge on any atom is -0.314 e. The maximum atomic E-state index is 5.97. The van der Waals surface area contributed by atoms with E-state index in [1.54, 1.807) is 0 Å². The molecule has 1 aromatic carbocycles. The van der Waals surface area contributed by atoms with Gasteiger partial charge in [0.1, 0.15) is 0 Å². The lowest BCUT2D eigenvalue weighted by molar-refractivity contribution is 0.429. The van der Waals surface area contributed by atoms with E-state index in [0.29, 0.717) is 6.04 Å². The molecule has 5 heteroatoms. The van der Waals surface area contributed by atoms with Crippen molar-refractivity contribution in [3.8, 4) is 0 Å². The lowest BCUT2D eigenvalue weighted by Crippen LogP contribution is -2.42. The first-order valence-corrected chi connectivity index (χ1v) is 5.83. The number of halogens is 3. The summed E-state index contributed by atoms with van der Waals surface area (Å²) in [5.74, 6) is 0. The van der Waals surface area contributed by atoms with Gasteiger partial charge in [-0.3, -0.25) is 0 Å². The zero-order valence-electron chi connectivity index (χ0n) is 8.09. The third-order valence-corrected chi connectivity index (χ3v) is 3.33. The van der Waals surface area contributed by atoms with Crippen LogP contribution < -0.4 is 10.6 Å². The molecule has 1 aliphatic rings. The minimum absolute atomic E-state index is 0. The fraction of sp³-hybridized carbons (Fsp3) is 0.400. The lowest BCUT2D eigenvalue weighted by atomic mass is 10.1. The van der Waals surface area contributed by atoms with Crippen molar-refractivity contribution >= 4 is 39.9 Å². The molecule has 1 fully saturated rings. The van der Waals surface area contributed by atoms with Crippen LogP contribution >= 0.6 is 39.9 Å². The van der Waals surface area contributed by atoms with Gasteiger partial charge in [0, 0.05) is 35.2 Å². The van der Waals surface area contributed by atoms with Gasteiger partial charge in [-0.25, -0.2) is 0 Å². The van der Waals surface area contributed by atoms with E-state index in [2.05, 4.69) is 26.6 Å². The largest absolute Gasteiger partial charge is 0.314 e. The van der Waals surface area contributed by atoms with Gasteiger partial charge in [-0.2, -0.15) is 0 Å². The summed E-state index contributed by atoms with van der Waals surface area (Å²) >= 11 is 9.51. The van der Waals surface area contributed by atoms with Crippen LogP contribution in [-0.4, -0.2) is 19.6 Å². The average Bonchev–Trinajstić information content (AvgIpc) is 2.23. The van der Waals surface area contributed by atoms with E-state index in [1.807, 2.05) is 18.2 Å². The molecule has 1 aliphatic heterocycles. The fourth-order valence-corrected chi connectivity index (χ4v) is 2.36. The molecule has 0 aliphatic carbocycles. The first-order valence-electron chi connectivity index (χ1n) is 4.66. The van der Waals surface area contributed by atoms with Gasteiger partial charge in [-0.15, -0.1) is 12.4 Å². The van der Waals surface area contributed by atoms with Gasteiger partial charge in [0.2, 0.25) is 0 Å². The maximum absolute atomic E-state index is 5.97. The number of hydrogen-bond acceptors (Lipinski definition) is 2. The lowest BCUT2D eigenvalue weighted by Gasteiger charge is -2.25. The molecule has 2 N–H and O–H groups in total. The third-order valence-electron chi connectivity index (χ3n) is 2.37. The summed E-state index contributed by atoms with van der Waals surface area (Å²) in [7, 11) is 0. The van der Waals surface area contributed by atoms with Gasteiger partial charge in [0.25, 0.3) is 0 Å². The molecule has 15 heavy (non-hydrogen) atoms. The van der Waals surface area contributed by atoms with E-state index >= 15 is 0 Å². The molecule has 0 amide bonds.